The second kappa shape index (κ2) is 11.5. The molecule has 0 aliphatic heterocycles. The summed E-state index contributed by atoms with van der Waals surface area (Å²) in [6.45, 7) is 3.83. The van der Waals surface area contributed by atoms with Crippen molar-refractivity contribution in [1.29, 1.82) is 0 Å². The molecular weight excluding hydrogens is 263 g/mol. The molecule has 0 aliphatic rings. The number of hydrogen-bond donors (Lipinski definition) is 0. The van der Waals surface area contributed by atoms with Crippen molar-refractivity contribution in [3.63, 3.8) is 0 Å². The van der Waals surface area contributed by atoms with Crippen LogP contribution in [0, 0.1) is 0 Å². The topological polar surface area (TPSA) is 26.3 Å². The van der Waals surface area contributed by atoms with E-state index in [2.05, 4.69) is 6.58 Å². The molecule has 0 amide bonds. The van der Waals surface area contributed by atoms with E-state index in [0.717, 1.165) is 25.3 Å². The second-order valence-corrected chi connectivity index (χ2v) is 8.86. The van der Waals surface area contributed by atoms with Gasteiger partial charge < -0.3 is 4.74 Å². The number of carbonyl (C=O) groups excluding carboxylic acids is 1. The summed E-state index contributed by atoms with van der Waals surface area (Å²) in [6, 6.07) is 1.01. The predicted molar refractivity (Wildman–Crippen MR) is 72.5 cm³/mol. The molecule has 2 nitrogen and oxygen atoms in total. The van der Waals surface area contributed by atoms with E-state index in [1.54, 1.807) is 0 Å². The molecule has 0 aromatic rings. The van der Waals surface area contributed by atoms with Crippen LogP contribution in [0.3, 0.4) is 0 Å². The normalized spacial score (nSPS) is 10.4. The van der Waals surface area contributed by atoms with Gasteiger partial charge in [0, 0.05) is 6.08 Å². The number of rotatable bonds is 10. The van der Waals surface area contributed by atoms with Crippen LogP contribution < -0.4 is 0 Å². The monoisotopic (exact) mass is 282 g/mol. The number of hydrogen-bond acceptors (Lipinski definition) is 2. The maximum atomic E-state index is 10.7. The molecule has 0 radical (unpaired) electrons. The van der Waals surface area contributed by atoms with Crippen molar-refractivity contribution in [2.24, 2.45) is 0 Å². The number of carbonyl (C=O) groups is 1. The van der Waals surface area contributed by atoms with Gasteiger partial charge in [-0.1, -0.05) is 38.7 Å². The molecular formula is C11H20Cl2O2Si. The fourth-order valence-corrected chi connectivity index (χ4v) is 2.86. The summed E-state index contributed by atoms with van der Waals surface area (Å²) in [5.41, 5.74) is 0. The molecule has 0 N–H and O–H groups in total. The van der Waals surface area contributed by atoms with Gasteiger partial charge in [-0.05, 0) is 12.5 Å². The Hall–Kier alpha value is 0.00688. The first-order chi connectivity index (χ1) is 7.66. The third kappa shape index (κ3) is 12.1. The number of ether oxygens (including phenoxy) is 1. The first-order valence-electron chi connectivity index (χ1n) is 5.74. The highest BCUT2D eigenvalue weighted by molar-refractivity contribution is 7.33. The van der Waals surface area contributed by atoms with Crippen molar-refractivity contribution in [1.82, 2.24) is 0 Å². The van der Waals surface area contributed by atoms with Gasteiger partial charge in [0.15, 0.2) is 0 Å². The van der Waals surface area contributed by atoms with Crippen molar-refractivity contribution in [3.8, 4) is 0 Å². The van der Waals surface area contributed by atoms with E-state index in [1.807, 2.05) is 0 Å². The molecule has 0 unspecified atom stereocenters. The van der Waals surface area contributed by atoms with E-state index in [9.17, 15) is 4.79 Å². The van der Waals surface area contributed by atoms with Crippen LogP contribution in [0.4, 0.5) is 0 Å². The van der Waals surface area contributed by atoms with E-state index < -0.39 is 7.42 Å². The molecule has 0 aromatic heterocycles. The average molecular weight is 283 g/mol. The maximum Gasteiger partial charge on any atom is 0.330 e. The van der Waals surface area contributed by atoms with E-state index in [1.165, 1.54) is 25.3 Å². The lowest BCUT2D eigenvalue weighted by atomic mass is 10.1. The molecule has 0 heterocycles. The summed E-state index contributed by atoms with van der Waals surface area (Å²) < 4.78 is 4.86. The predicted octanol–water partition coefficient (Wildman–Crippen LogP) is 3.75. The van der Waals surface area contributed by atoms with Gasteiger partial charge in [0.05, 0.1) is 6.61 Å². The van der Waals surface area contributed by atoms with Crippen molar-refractivity contribution >= 4 is 35.5 Å². The van der Waals surface area contributed by atoms with Gasteiger partial charge in [-0.2, -0.15) is 22.2 Å². The Morgan fingerprint density at radius 2 is 1.69 bits per heavy atom. The Bertz CT molecular complexity index is 198. The van der Waals surface area contributed by atoms with Crippen molar-refractivity contribution in [2.75, 3.05) is 6.61 Å². The highest BCUT2D eigenvalue weighted by Gasteiger charge is 2.00. The van der Waals surface area contributed by atoms with Gasteiger partial charge in [-0.15, -0.1) is 0 Å². The number of esters is 1. The van der Waals surface area contributed by atoms with Gasteiger partial charge in [0.1, 0.15) is 0 Å². The number of unbranched alkanes of at least 4 members (excludes halogenated alkanes) is 5. The van der Waals surface area contributed by atoms with Gasteiger partial charge in [0.25, 0.3) is 0 Å². The lowest BCUT2D eigenvalue weighted by molar-refractivity contribution is -0.137. The maximum absolute atomic E-state index is 10.7. The summed E-state index contributed by atoms with van der Waals surface area (Å²) in [7, 11) is -1.38. The summed E-state index contributed by atoms with van der Waals surface area (Å²) in [4.78, 5) is 10.7. The minimum absolute atomic E-state index is 0.333. The smallest absolute Gasteiger partial charge is 0.330 e. The third-order valence-electron chi connectivity index (χ3n) is 2.23. The largest absolute Gasteiger partial charge is 0.463 e. The van der Waals surface area contributed by atoms with Gasteiger partial charge in [-0.25, -0.2) is 4.79 Å². The molecule has 0 rings (SSSR count). The fraction of sp³-hybridized carbons (Fsp3) is 0.727. The highest BCUT2D eigenvalue weighted by atomic mass is 35.7. The lowest BCUT2D eigenvalue weighted by Gasteiger charge is -2.02. The van der Waals surface area contributed by atoms with Crippen LogP contribution in [0.25, 0.3) is 0 Å². The standard InChI is InChI=1S/C11H20Cl2O2Si/c1-2-11(14)15-9-7-5-3-4-6-8-10-16(12)13/h2,16H,1,3-10H2. The quantitative estimate of drug-likeness (QED) is 0.201. The van der Waals surface area contributed by atoms with Crippen LogP contribution >= 0.6 is 22.2 Å². The van der Waals surface area contributed by atoms with E-state index in [-0.39, 0.29) is 5.97 Å². The van der Waals surface area contributed by atoms with Gasteiger partial charge in [-0.3, -0.25) is 0 Å². The van der Waals surface area contributed by atoms with E-state index >= 15 is 0 Å². The van der Waals surface area contributed by atoms with Crippen LogP contribution in [-0.2, 0) is 9.53 Å². The SMILES string of the molecule is C=CC(=O)OCCCCCCCC[SiH](Cl)Cl. The van der Waals surface area contributed by atoms with Crippen molar-refractivity contribution in [3.05, 3.63) is 12.7 Å². The Kier molecular flexibility index (Phi) is 11.5. The van der Waals surface area contributed by atoms with E-state index in [0.29, 0.717) is 6.61 Å². The minimum Gasteiger partial charge on any atom is -0.463 e. The molecule has 0 saturated carbocycles. The zero-order chi connectivity index (χ0) is 12.2. The van der Waals surface area contributed by atoms with Gasteiger partial charge in [0.2, 0.25) is 7.42 Å². The minimum atomic E-state index is -1.38. The summed E-state index contributed by atoms with van der Waals surface area (Å²) in [5.74, 6) is -0.333. The summed E-state index contributed by atoms with van der Waals surface area (Å²) >= 11 is 11.5. The Balaban J connectivity index is 3.04. The average Bonchev–Trinajstić information content (AvgIpc) is 2.26. The van der Waals surface area contributed by atoms with Crippen LogP contribution in [0.1, 0.15) is 38.5 Å². The molecule has 0 bridgehead atoms. The summed E-state index contributed by atoms with van der Waals surface area (Å²) in [6.07, 6.45) is 7.98. The number of halogens is 2. The Morgan fingerprint density at radius 3 is 2.25 bits per heavy atom. The fourth-order valence-electron chi connectivity index (χ4n) is 1.34. The van der Waals surface area contributed by atoms with Crippen LogP contribution in [-0.4, -0.2) is 20.0 Å². The molecule has 16 heavy (non-hydrogen) atoms. The van der Waals surface area contributed by atoms with Crippen LogP contribution in [0.2, 0.25) is 6.04 Å². The Labute approximate surface area is 109 Å². The zero-order valence-electron chi connectivity index (χ0n) is 9.59. The van der Waals surface area contributed by atoms with Crippen LogP contribution in [0.15, 0.2) is 12.7 Å². The van der Waals surface area contributed by atoms with Crippen molar-refractivity contribution in [2.45, 2.75) is 44.6 Å². The van der Waals surface area contributed by atoms with E-state index in [4.69, 9.17) is 26.9 Å². The highest BCUT2D eigenvalue weighted by Crippen LogP contribution is 2.12. The van der Waals surface area contributed by atoms with Crippen molar-refractivity contribution < 1.29 is 9.53 Å². The van der Waals surface area contributed by atoms with Crippen LogP contribution in [0.5, 0.6) is 0 Å². The van der Waals surface area contributed by atoms with Gasteiger partial charge >= 0.3 is 5.97 Å². The molecule has 5 heteroatoms. The molecule has 94 valence electrons. The second-order valence-electron chi connectivity index (χ2n) is 3.67. The zero-order valence-corrected chi connectivity index (χ0v) is 12.3. The summed E-state index contributed by atoms with van der Waals surface area (Å²) in [5, 5.41) is 0. The molecule has 0 aromatic carbocycles. The molecule has 0 aliphatic carbocycles. The molecule has 0 atom stereocenters. The molecule has 0 fully saturated rings. The molecule has 0 saturated heterocycles. The first kappa shape index (κ1) is 16.0. The Morgan fingerprint density at radius 1 is 1.12 bits per heavy atom. The molecule has 0 spiro atoms. The lowest BCUT2D eigenvalue weighted by Crippen LogP contribution is -2.01. The first-order valence-corrected chi connectivity index (χ1v) is 10.0. The third-order valence-corrected chi connectivity index (χ3v) is 4.38.